The maximum absolute atomic E-state index is 13.0. The zero-order valence-corrected chi connectivity index (χ0v) is 14.0. The summed E-state index contributed by atoms with van der Waals surface area (Å²) in [6, 6.07) is 7.32. The van der Waals surface area contributed by atoms with Crippen LogP contribution in [0.5, 0.6) is 0 Å². The van der Waals surface area contributed by atoms with E-state index >= 15 is 0 Å². The molecule has 0 N–H and O–H groups in total. The molecule has 0 aliphatic carbocycles. The number of carbonyl (C=O) groups is 1. The normalized spacial score (nSPS) is 20.0. The molecule has 5 nitrogen and oxygen atoms in total. The summed E-state index contributed by atoms with van der Waals surface area (Å²) in [7, 11) is 0. The highest BCUT2D eigenvalue weighted by Gasteiger charge is 2.32. The number of hydrogen-bond donors (Lipinski definition) is 0. The Morgan fingerprint density at radius 3 is 2.71 bits per heavy atom. The maximum atomic E-state index is 13.0. The number of fused-ring (bicyclic) bond motifs is 1. The Balaban J connectivity index is 1.52. The molecule has 0 saturated carbocycles. The van der Waals surface area contributed by atoms with Gasteiger partial charge in [-0.2, -0.15) is 0 Å². The predicted octanol–water partition coefficient (Wildman–Crippen LogP) is 3.11. The van der Waals surface area contributed by atoms with Crippen molar-refractivity contribution in [3.8, 4) is 0 Å². The second kappa shape index (κ2) is 6.67. The van der Waals surface area contributed by atoms with Crippen LogP contribution in [-0.4, -0.2) is 48.4 Å². The van der Waals surface area contributed by atoms with Gasteiger partial charge in [-0.15, -0.1) is 0 Å². The van der Waals surface area contributed by atoms with Crippen molar-refractivity contribution in [1.82, 2.24) is 9.88 Å². The van der Waals surface area contributed by atoms with Crippen molar-refractivity contribution in [1.29, 1.82) is 0 Å². The first kappa shape index (κ1) is 15.8. The summed E-state index contributed by atoms with van der Waals surface area (Å²) in [4.78, 5) is 19.2. The summed E-state index contributed by atoms with van der Waals surface area (Å²) in [6.45, 7) is 2.75. The van der Waals surface area contributed by atoms with Crippen LogP contribution in [0, 0.1) is 5.92 Å². The molecule has 0 unspecified atom stereocenters. The van der Waals surface area contributed by atoms with E-state index in [4.69, 9.17) is 21.1 Å². The number of carbonyl (C=O) groups excluding carboxylic acids is 1. The standard InChI is InChI=1S/C18H19ClN2O3/c19-14-10-13-2-1-5-20-16(13)15(11-14)17(22)21-6-3-12(4-7-21)18-23-8-9-24-18/h1-2,5,10-12,18H,3-4,6-9H2. The van der Waals surface area contributed by atoms with E-state index in [1.807, 2.05) is 23.1 Å². The third-order valence-electron chi connectivity index (χ3n) is 4.76. The fourth-order valence-corrected chi connectivity index (χ4v) is 3.74. The monoisotopic (exact) mass is 346 g/mol. The van der Waals surface area contributed by atoms with Gasteiger partial charge < -0.3 is 14.4 Å². The number of likely N-dealkylation sites (tertiary alicyclic amines) is 1. The number of hydrogen-bond acceptors (Lipinski definition) is 4. The average molecular weight is 347 g/mol. The van der Waals surface area contributed by atoms with Crippen LogP contribution in [0.15, 0.2) is 30.5 Å². The van der Waals surface area contributed by atoms with E-state index in [-0.39, 0.29) is 12.2 Å². The van der Waals surface area contributed by atoms with E-state index < -0.39 is 0 Å². The zero-order valence-electron chi connectivity index (χ0n) is 13.3. The number of pyridine rings is 1. The Kier molecular flexibility index (Phi) is 4.39. The van der Waals surface area contributed by atoms with Gasteiger partial charge >= 0.3 is 0 Å². The lowest BCUT2D eigenvalue weighted by Crippen LogP contribution is -2.41. The quantitative estimate of drug-likeness (QED) is 0.838. The Morgan fingerprint density at radius 2 is 1.96 bits per heavy atom. The number of piperidine rings is 1. The molecule has 6 heteroatoms. The maximum Gasteiger partial charge on any atom is 0.256 e. The van der Waals surface area contributed by atoms with Gasteiger partial charge in [0.2, 0.25) is 0 Å². The molecule has 24 heavy (non-hydrogen) atoms. The third kappa shape index (κ3) is 2.99. The van der Waals surface area contributed by atoms with E-state index in [0.717, 1.165) is 18.2 Å². The molecule has 0 atom stereocenters. The number of benzene rings is 1. The number of halogens is 1. The summed E-state index contributed by atoms with van der Waals surface area (Å²) in [5, 5.41) is 1.44. The third-order valence-corrected chi connectivity index (χ3v) is 4.98. The van der Waals surface area contributed by atoms with Crippen molar-refractivity contribution in [3.63, 3.8) is 0 Å². The van der Waals surface area contributed by atoms with Gasteiger partial charge in [0.1, 0.15) is 0 Å². The molecular formula is C18H19ClN2O3. The van der Waals surface area contributed by atoms with Crippen molar-refractivity contribution in [2.24, 2.45) is 5.92 Å². The topological polar surface area (TPSA) is 51.7 Å². The van der Waals surface area contributed by atoms with E-state index in [2.05, 4.69) is 4.98 Å². The van der Waals surface area contributed by atoms with Crippen LogP contribution in [-0.2, 0) is 9.47 Å². The molecule has 0 bridgehead atoms. The molecule has 2 saturated heterocycles. The van der Waals surface area contributed by atoms with Gasteiger partial charge in [-0.3, -0.25) is 9.78 Å². The average Bonchev–Trinajstić information content (AvgIpc) is 3.15. The van der Waals surface area contributed by atoms with Crippen LogP contribution < -0.4 is 0 Å². The van der Waals surface area contributed by atoms with Crippen LogP contribution in [0.4, 0.5) is 0 Å². The van der Waals surface area contributed by atoms with Gasteiger partial charge in [0.15, 0.2) is 6.29 Å². The summed E-state index contributed by atoms with van der Waals surface area (Å²) in [6.07, 6.45) is 3.38. The largest absolute Gasteiger partial charge is 0.350 e. The highest BCUT2D eigenvalue weighted by atomic mass is 35.5. The molecular weight excluding hydrogens is 328 g/mol. The SMILES string of the molecule is O=C(c1cc(Cl)cc2cccnc12)N1CCC(C2OCCO2)CC1. The number of ether oxygens (including phenoxy) is 2. The van der Waals surface area contributed by atoms with Gasteiger partial charge in [0, 0.05) is 35.6 Å². The second-order valence-electron chi connectivity index (χ2n) is 6.27. The Morgan fingerprint density at radius 1 is 1.21 bits per heavy atom. The minimum absolute atomic E-state index is 0.00657. The highest BCUT2D eigenvalue weighted by Crippen LogP contribution is 2.28. The first-order chi connectivity index (χ1) is 11.7. The van der Waals surface area contributed by atoms with Gasteiger partial charge in [-0.25, -0.2) is 0 Å². The molecule has 126 valence electrons. The van der Waals surface area contributed by atoms with Crippen molar-refractivity contribution in [2.45, 2.75) is 19.1 Å². The molecule has 1 aromatic carbocycles. The summed E-state index contributed by atoms with van der Waals surface area (Å²) >= 11 is 6.18. The van der Waals surface area contributed by atoms with E-state index in [1.165, 1.54) is 0 Å². The van der Waals surface area contributed by atoms with Crippen LogP contribution in [0.25, 0.3) is 10.9 Å². The summed E-state index contributed by atoms with van der Waals surface area (Å²) in [5.74, 6) is 0.360. The lowest BCUT2D eigenvalue weighted by atomic mass is 9.95. The van der Waals surface area contributed by atoms with E-state index in [1.54, 1.807) is 12.3 Å². The van der Waals surface area contributed by atoms with E-state index in [0.29, 0.717) is 48.3 Å². The minimum atomic E-state index is -0.101. The van der Waals surface area contributed by atoms with Crippen molar-refractivity contribution in [2.75, 3.05) is 26.3 Å². The number of amides is 1. The molecule has 2 aliphatic rings. The van der Waals surface area contributed by atoms with Crippen molar-refractivity contribution >= 4 is 28.4 Å². The van der Waals surface area contributed by atoms with Crippen LogP contribution in [0.1, 0.15) is 23.2 Å². The lowest BCUT2D eigenvalue weighted by molar-refractivity contribution is -0.0956. The number of nitrogens with zero attached hydrogens (tertiary/aromatic N) is 2. The molecule has 2 aromatic rings. The molecule has 0 spiro atoms. The van der Waals surface area contributed by atoms with Gasteiger partial charge in [-0.1, -0.05) is 17.7 Å². The van der Waals surface area contributed by atoms with Gasteiger partial charge in [-0.05, 0) is 31.0 Å². The summed E-state index contributed by atoms with van der Waals surface area (Å²) in [5.41, 5.74) is 1.28. The van der Waals surface area contributed by atoms with Crippen LogP contribution >= 0.6 is 11.6 Å². The first-order valence-electron chi connectivity index (χ1n) is 8.29. The first-order valence-corrected chi connectivity index (χ1v) is 8.67. The summed E-state index contributed by atoms with van der Waals surface area (Å²) < 4.78 is 11.2. The lowest BCUT2D eigenvalue weighted by Gasteiger charge is -2.34. The Labute approximate surface area is 145 Å². The molecule has 1 amide bonds. The Hall–Kier alpha value is -1.69. The van der Waals surface area contributed by atoms with Crippen molar-refractivity contribution in [3.05, 3.63) is 41.0 Å². The van der Waals surface area contributed by atoms with Crippen molar-refractivity contribution < 1.29 is 14.3 Å². The minimum Gasteiger partial charge on any atom is -0.350 e. The molecule has 2 fully saturated rings. The molecule has 2 aliphatic heterocycles. The number of aromatic nitrogens is 1. The molecule has 1 aromatic heterocycles. The molecule has 0 radical (unpaired) electrons. The Bertz CT molecular complexity index is 753. The molecule has 3 heterocycles. The molecule has 4 rings (SSSR count). The predicted molar refractivity (Wildman–Crippen MR) is 91.1 cm³/mol. The highest BCUT2D eigenvalue weighted by molar-refractivity contribution is 6.32. The number of rotatable bonds is 2. The van der Waals surface area contributed by atoms with Gasteiger partial charge in [0.05, 0.1) is 24.3 Å². The van der Waals surface area contributed by atoms with Gasteiger partial charge in [0.25, 0.3) is 5.91 Å². The second-order valence-corrected chi connectivity index (χ2v) is 6.70. The van der Waals surface area contributed by atoms with Crippen LogP contribution in [0.3, 0.4) is 0 Å². The van der Waals surface area contributed by atoms with Crippen LogP contribution in [0.2, 0.25) is 5.02 Å². The fraction of sp³-hybridized carbons (Fsp3) is 0.444. The smallest absolute Gasteiger partial charge is 0.256 e. The van der Waals surface area contributed by atoms with E-state index in [9.17, 15) is 4.79 Å². The fourth-order valence-electron chi connectivity index (χ4n) is 3.51. The zero-order chi connectivity index (χ0) is 16.5.